The van der Waals surface area contributed by atoms with E-state index in [2.05, 4.69) is 5.32 Å². The molecule has 2 amide bonds. The lowest BCUT2D eigenvalue weighted by Gasteiger charge is -2.27. The summed E-state index contributed by atoms with van der Waals surface area (Å²) in [5, 5.41) is 2.81. The number of carbonyl (C=O) groups excluding carboxylic acids is 2. The average Bonchev–Trinajstić information content (AvgIpc) is 2.67. The number of methoxy groups -OCH3 is 1. The first-order valence-corrected chi connectivity index (χ1v) is 8.83. The van der Waals surface area contributed by atoms with Crippen molar-refractivity contribution in [2.24, 2.45) is 0 Å². The Morgan fingerprint density at radius 3 is 2.22 bits per heavy atom. The lowest BCUT2D eigenvalue weighted by atomic mass is 10.1. The fraction of sp³-hybridized carbons (Fsp3) is 0.333. The summed E-state index contributed by atoms with van der Waals surface area (Å²) in [6.45, 7) is 2.29. The Balaban J connectivity index is 1.83. The second-order valence-electron chi connectivity index (χ2n) is 6.54. The molecule has 0 heterocycles. The van der Waals surface area contributed by atoms with E-state index in [0.29, 0.717) is 5.69 Å². The van der Waals surface area contributed by atoms with Crippen LogP contribution in [0.5, 0.6) is 5.75 Å². The maximum absolute atomic E-state index is 12.5. The van der Waals surface area contributed by atoms with Gasteiger partial charge in [0, 0.05) is 12.7 Å². The quantitative estimate of drug-likeness (QED) is 0.777. The number of benzene rings is 2. The minimum atomic E-state index is -0.172. The van der Waals surface area contributed by atoms with Gasteiger partial charge in [0.25, 0.3) is 0 Å². The van der Waals surface area contributed by atoms with Crippen LogP contribution in [0.2, 0.25) is 0 Å². The highest BCUT2D eigenvalue weighted by Crippen LogP contribution is 2.18. The van der Waals surface area contributed by atoms with Crippen molar-refractivity contribution in [3.63, 3.8) is 0 Å². The zero-order chi connectivity index (χ0) is 19.8. The van der Waals surface area contributed by atoms with Gasteiger partial charge < -0.3 is 15.0 Å². The maximum atomic E-state index is 12.5. The Bertz CT molecular complexity index is 747. The number of ether oxygens (including phenoxy) is 1. The van der Waals surface area contributed by atoms with Crippen molar-refractivity contribution in [3.05, 3.63) is 60.2 Å². The Kier molecular flexibility index (Phi) is 7.37. The van der Waals surface area contributed by atoms with Gasteiger partial charge in [-0.25, -0.2) is 0 Å². The normalized spacial score (nSPS) is 11.7. The van der Waals surface area contributed by atoms with E-state index >= 15 is 0 Å². The molecule has 0 unspecified atom stereocenters. The van der Waals surface area contributed by atoms with Gasteiger partial charge >= 0.3 is 0 Å². The summed E-state index contributed by atoms with van der Waals surface area (Å²) < 4.78 is 5.09. The highest BCUT2D eigenvalue weighted by atomic mass is 16.5. The summed E-state index contributed by atoms with van der Waals surface area (Å²) in [5.74, 6) is 0.520. The molecular formula is C21H27N3O3. The molecule has 2 aromatic carbocycles. The van der Waals surface area contributed by atoms with Gasteiger partial charge in [-0.15, -0.1) is 0 Å². The van der Waals surface area contributed by atoms with E-state index in [1.807, 2.05) is 37.3 Å². The molecule has 0 radical (unpaired) electrons. The smallest absolute Gasteiger partial charge is 0.238 e. The van der Waals surface area contributed by atoms with Gasteiger partial charge in [-0.3, -0.25) is 14.5 Å². The Morgan fingerprint density at radius 1 is 1.00 bits per heavy atom. The van der Waals surface area contributed by atoms with E-state index < -0.39 is 0 Å². The molecule has 6 nitrogen and oxygen atoms in total. The first-order chi connectivity index (χ1) is 12.9. The van der Waals surface area contributed by atoms with Crippen LogP contribution in [0.4, 0.5) is 5.69 Å². The topological polar surface area (TPSA) is 61.9 Å². The first kappa shape index (κ1) is 20.5. The van der Waals surface area contributed by atoms with E-state index in [1.165, 1.54) is 0 Å². The Hall–Kier alpha value is -2.86. The number of carbonyl (C=O) groups is 2. The third-order valence-electron chi connectivity index (χ3n) is 4.45. The van der Waals surface area contributed by atoms with Gasteiger partial charge in [0.1, 0.15) is 5.75 Å². The van der Waals surface area contributed by atoms with Crippen LogP contribution in [0.25, 0.3) is 0 Å². The zero-order valence-electron chi connectivity index (χ0n) is 16.3. The summed E-state index contributed by atoms with van der Waals surface area (Å²) in [6.07, 6.45) is 0. The molecule has 2 rings (SSSR count). The monoisotopic (exact) mass is 369 g/mol. The minimum Gasteiger partial charge on any atom is -0.497 e. The standard InChI is InChI=1S/C21H27N3O3/c1-16(17-8-6-5-7-9-17)24(3)21(26)15-23(2)14-20(25)22-18-10-12-19(27-4)13-11-18/h5-13,16H,14-15H2,1-4H3,(H,22,25)/t16-/m1/s1. The molecule has 0 saturated carbocycles. The van der Waals surface area contributed by atoms with Gasteiger partial charge in [0.05, 0.1) is 26.2 Å². The van der Waals surface area contributed by atoms with Crippen molar-refractivity contribution >= 4 is 17.5 Å². The van der Waals surface area contributed by atoms with Crippen LogP contribution in [0.3, 0.4) is 0 Å². The fourth-order valence-electron chi connectivity index (χ4n) is 2.69. The second kappa shape index (κ2) is 9.73. The molecule has 6 heteroatoms. The summed E-state index contributed by atoms with van der Waals surface area (Å²) in [6, 6.07) is 17.0. The number of hydrogen-bond donors (Lipinski definition) is 1. The molecule has 0 saturated heterocycles. The fourth-order valence-corrected chi connectivity index (χ4v) is 2.69. The summed E-state index contributed by atoms with van der Waals surface area (Å²) >= 11 is 0. The third-order valence-corrected chi connectivity index (χ3v) is 4.45. The molecule has 0 aliphatic carbocycles. The molecule has 0 aliphatic heterocycles. The van der Waals surface area contributed by atoms with Gasteiger partial charge in [0.15, 0.2) is 0 Å². The van der Waals surface area contributed by atoms with Gasteiger partial charge in [-0.1, -0.05) is 30.3 Å². The molecule has 0 aromatic heterocycles. The van der Waals surface area contributed by atoms with Crippen molar-refractivity contribution in [1.82, 2.24) is 9.80 Å². The van der Waals surface area contributed by atoms with Crippen molar-refractivity contribution in [1.29, 1.82) is 0 Å². The molecule has 1 atom stereocenters. The van der Waals surface area contributed by atoms with Gasteiger partial charge in [-0.05, 0) is 43.8 Å². The van der Waals surface area contributed by atoms with Crippen LogP contribution < -0.4 is 10.1 Å². The van der Waals surface area contributed by atoms with Crippen molar-refractivity contribution in [3.8, 4) is 5.75 Å². The van der Waals surface area contributed by atoms with Gasteiger partial charge in [-0.2, -0.15) is 0 Å². The molecule has 2 aromatic rings. The molecule has 144 valence electrons. The van der Waals surface area contributed by atoms with E-state index in [-0.39, 0.29) is 30.9 Å². The van der Waals surface area contributed by atoms with Crippen LogP contribution in [0, 0.1) is 0 Å². The van der Waals surface area contributed by atoms with E-state index in [1.54, 1.807) is 55.3 Å². The van der Waals surface area contributed by atoms with Crippen LogP contribution in [0.15, 0.2) is 54.6 Å². The highest BCUT2D eigenvalue weighted by molar-refractivity contribution is 5.92. The van der Waals surface area contributed by atoms with Crippen molar-refractivity contribution in [2.45, 2.75) is 13.0 Å². The molecular weight excluding hydrogens is 342 g/mol. The predicted molar refractivity (Wildman–Crippen MR) is 107 cm³/mol. The average molecular weight is 369 g/mol. The lowest BCUT2D eigenvalue weighted by molar-refractivity contribution is -0.133. The van der Waals surface area contributed by atoms with Crippen LogP contribution in [-0.2, 0) is 9.59 Å². The number of nitrogens with one attached hydrogen (secondary N) is 1. The number of rotatable bonds is 8. The number of amides is 2. The van der Waals surface area contributed by atoms with Crippen molar-refractivity contribution < 1.29 is 14.3 Å². The zero-order valence-corrected chi connectivity index (χ0v) is 16.3. The summed E-state index contributed by atoms with van der Waals surface area (Å²) in [7, 11) is 5.13. The molecule has 0 spiro atoms. The highest BCUT2D eigenvalue weighted by Gasteiger charge is 2.19. The largest absolute Gasteiger partial charge is 0.497 e. The summed E-state index contributed by atoms with van der Waals surface area (Å²) in [5.41, 5.74) is 1.77. The SMILES string of the molecule is COc1ccc(NC(=O)CN(C)CC(=O)N(C)[C@H](C)c2ccccc2)cc1. The molecule has 27 heavy (non-hydrogen) atoms. The maximum Gasteiger partial charge on any atom is 0.238 e. The van der Waals surface area contributed by atoms with E-state index in [4.69, 9.17) is 4.74 Å². The molecule has 1 N–H and O–H groups in total. The molecule has 0 bridgehead atoms. The number of nitrogens with zero attached hydrogens (tertiary/aromatic N) is 2. The third kappa shape index (κ3) is 6.11. The number of likely N-dealkylation sites (N-methyl/N-ethyl adjacent to an activating group) is 2. The Morgan fingerprint density at radius 2 is 1.63 bits per heavy atom. The van der Waals surface area contributed by atoms with Crippen LogP contribution in [-0.4, -0.2) is 55.9 Å². The molecule has 0 fully saturated rings. The number of hydrogen-bond acceptors (Lipinski definition) is 4. The second-order valence-corrected chi connectivity index (χ2v) is 6.54. The van der Waals surface area contributed by atoms with E-state index in [9.17, 15) is 9.59 Å². The van der Waals surface area contributed by atoms with Gasteiger partial charge in [0.2, 0.25) is 11.8 Å². The van der Waals surface area contributed by atoms with Crippen LogP contribution in [0.1, 0.15) is 18.5 Å². The Labute approximate surface area is 160 Å². The minimum absolute atomic E-state index is 0.0276. The predicted octanol–water partition coefficient (Wildman–Crippen LogP) is 2.79. The van der Waals surface area contributed by atoms with Crippen molar-refractivity contribution in [2.75, 3.05) is 39.6 Å². The summed E-state index contributed by atoms with van der Waals surface area (Å²) in [4.78, 5) is 28.1. The first-order valence-electron chi connectivity index (χ1n) is 8.83. The number of anilines is 1. The van der Waals surface area contributed by atoms with Crippen LogP contribution >= 0.6 is 0 Å². The lowest BCUT2D eigenvalue weighted by Crippen LogP contribution is -2.40. The molecule has 0 aliphatic rings. The van der Waals surface area contributed by atoms with E-state index in [0.717, 1.165) is 11.3 Å².